The normalized spacial score (nSPS) is 10.2. The zero-order valence-corrected chi connectivity index (χ0v) is 12.5. The number of carbonyl (C=O) groups excluding carboxylic acids is 2. The molecule has 0 saturated carbocycles. The number of amides is 2. The van der Waals surface area contributed by atoms with E-state index in [0.717, 1.165) is 12.0 Å². The minimum Gasteiger partial charge on any atom is -0.484 e. The van der Waals surface area contributed by atoms with E-state index in [2.05, 4.69) is 0 Å². The molecular formula is C16H19N3O3. The van der Waals surface area contributed by atoms with Gasteiger partial charge in [-0.15, -0.1) is 0 Å². The van der Waals surface area contributed by atoms with Gasteiger partial charge in [-0.2, -0.15) is 5.26 Å². The Morgan fingerprint density at radius 1 is 1.36 bits per heavy atom. The summed E-state index contributed by atoms with van der Waals surface area (Å²) in [5.74, 6) is -0.208. The monoisotopic (exact) mass is 301 g/mol. The fraction of sp³-hybridized carbons (Fsp3) is 0.312. The van der Waals surface area contributed by atoms with Crippen molar-refractivity contribution < 1.29 is 14.3 Å². The van der Waals surface area contributed by atoms with E-state index >= 15 is 0 Å². The summed E-state index contributed by atoms with van der Waals surface area (Å²) in [6.45, 7) is 2.41. The Hall–Kier alpha value is -2.81. The van der Waals surface area contributed by atoms with E-state index in [4.69, 9.17) is 15.7 Å². The molecule has 1 aromatic carbocycles. The molecule has 1 rings (SSSR count). The Balaban J connectivity index is 2.63. The first kappa shape index (κ1) is 17.2. The van der Waals surface area contributed by atoms with Crippen molar-refractivity contribution in [2.45, 2.75) is 13.3 Å². The summed E-state index contributed by atoms with van der Waals surface area (Å²) in [5.41, 5.74) is 5.80. The lowest BCUT2D eigenvalue weighted by Crippen LogP contribution is -2.30. The van der Waals surface area contributed by atoms with Gasteiger partial charge in [-0.05, 0) is 30.2 Å². The predicted molar refractivity (Wildman–Crippen MR) is 82.6 cm³/mol. The standard InChI is InChI=1S/C16H19N3O3/c1-2-10-19(11-9-17)16(21)8-5-13-3-6-14(7-4-13)22-12-15(18)20/h3-8H,2,10-12H2,1H3,(H2,18,20). The van der Waals surface area contributed by atoms with Crippen LogP contribution in [0.25, 0.3) is 6.08 Å². The maximum atomic E-state index is 12.0. The first-order chi connectivity index (χ1) is 10.6. The second kappa shape index (κ2) is 9.19. The highest BCUT2D eigenvalue weighted by atomic mass is 16.5. The summed E-state index contributed by atoms with van der Waals surface area (Å²) in [6.07, 6.45) is 3.90. The van der Waals surface area contributed by atoms with E-state index in [9.17, 15) is 9.59 Å². The second-order valence-corrected chi connectivity index (χ2v) is 4.58. The molecule has 0 bridgehead atoms. The van der Waals surface area contributed by atoms with Crippen molar-refractivity contribution in [1.29, 1.82) is 5.26 Å². The van der Waals surface area contributed by atoms with E-state index in [1.807, 2.05) is 13.0 Å². The third-order valence-corrected chi connectivity index (χ3v) is 2.75. The van der Waals surface area contributed by atoms with Crippen molar-refractivity contribution in [2.75, 3.05) is 19.7 Å². The third-order valence-electron chi connectivity index (χ3n) is 2.75. The number of rotatable bonds is 8. The van der Waals surface area contributed by atoms with Crippen molar-refractivity contribution in [2.24, 2.45) is 5.73 Å². The number of benzene rings is 1. The fourth-order valence-corrected chi connectivity index (χ4v) is 1.72. The van der Waals surface area contributed by atoms with Gasteiger partial charge in [0.05, 0.1) is 6.07 Å². The topological polar surface area (TPSA) is 96.4 Å². The summed E-state index contributed by atoms with van der Waals surface area (Å²) in [5, 5.41) is 8.70. The van der Waals surface area contributed by atoms with Crippen molar-refractivity contribution in [3.05, 3.63) is 35.9 Å². The maximum absolute atomic E-state index is 12.0. The summed E-state index contributed by atoms with van der Waals surface area (Å²) >= 11 is 0. The Morgan fingerprint density at radius 3 is 2.59 bits per heavy atom. The molecular weight excluding hydrogens is 282 g/mol. The average molecular weight is 301 g/mol. The second-order valence-electron chi connectivity index (χ2n) is 4.58. The number of hydrogen-bond donors (Lipinski definition) is 1. The molecule has 0 fully saturated rings. The number of carbonyl (C=O) groups is 2. The molecule has 1 aromatic rings. The minimum atomic E-state index is -0.539. The summed E-state index contributed by atoms with van der Waals surface area (Å²) in [6, 6.07) is 8.87. The van der Waals surface area contributed by atoms with E-state index < -0.39 is 5.91 Å². The van der Waals surface area contributed by atoms with Crippen LogP contribution in [0.15, 0.2) is 30.3 Å². The van der Waals surface area contributed by atoms with Gasteiger partial charge >= 0.3 is 0 Å². The lowest BCUT2D eigenvalue weighted by molar-refractivity contribution is -0.125. The molecule has 6 nitrogen and oxygen atoms in total. The SMILES string of the molecule is CCCN(CC#N)C(=O)C=Cc1ccc(OCC(N)=O)cc1. The molecule has 0 heterocycles. The first-order valence-electron chi connectivity index (χ1n) is 6.92. The predicted octanol–water partition coefficient (Wildman–Crippen LogP) is 1.33. The van der Waals surface area contributed by atoms with Crippen molar-refractivity contribution in [1.82, 2.24) is 4.90 Å². The minimum absolute atomic E-state index is 0.0803. The van der Waals surface area contributed by atoms with Crippen LogP contribution in [0.4, 0.5) is 0 Å². The largest absolute Gasteiger partial charge is 0.484 e. The highest BCUT2D eigenvalue weighted by Crippen LogP contribution is 2.13. The smallest absolute Gasteiger partial charge is 0.255 e. The van der Waals surface area contributed by atoms with Gasteiger partial charge in [0, 0.05) is 12.6 Å². The van der Waals surface area contributed by atoms with Crippen LogP contribution >= 0.6 is 0 Å². The molecule has 0 aliphatic heterocycles. The first-order valence-corrected chi connectivity index (χ1v) is 6.92. The summed E-state index contributed by atoms with van der Waals surface area (Å²) < 4.78 is 5.14. The average Bonchev–Trinajstić information content (AvgIpc) is 2.51. The van der Waals surface area contributed by atoms with Gasteiger partial charge in [-0.1, -0.05) is 19.1 Å². The molecule has 116 valence electrons. The lowest BCUT2D eigenvalue weighted by Gasteiger charge is -2.16. The van der Waals surface area contributed by atoms with Crippen LogP contribution in [0.1, 0.15) is 18.9 Å². The van der Waals surface area contributed by atoms with Crippen molar-refractivity contribution in [3.63, 3.8) is 0 Å². The van der Waals surface area contributed by atoms with Crippen LogP contribution < -0.4 is 10.5 Å². The van der Waals surface area contributed by atoms with Crippen LogP contribution in [0.5, 0.6) is 5.75 Å². The Labute approximate surface area is 129 Å². The van der Waals surface area contributed by atoms with E-state index in [1.54, 1.807) is 30.3 Å². The highest BCUT2D eigenvalue weighted by Gasteiger charge is 2.08. The third kappa shape index (κ3) is 6.09. The van der Waals surface area contributed by atoms with Crippen LogP contribution in [-0.4, -0.2) is 36.4 Å². The molecule has 2 amide bonds. The molecule has 0 aliphatic rings. The maximum Gasteiger partial charge on any atom is 0.255 e. The Kier molecular flexibility index (Phi) is 7.20. The molecule has 2 N–H and O–H groups in total. The summed E-state index contributed by atoms with van der Waals surface area (Å²) in [4.78, 5) is 24.0. The Bertz CT molecular complexity index is 573. The molecule has 0 atom stereocenters. The molecule has 0 radical (unpaired) electrons. The number of primary amides is 1. The quantitative estimate of drug-likeness (QED) is 0.578. The van der Waals surface area contributed by atoms with Crippen LogP contribution in [0.2, 0.25) is 0 Å². The molecule has 0 spiro atoms. The van der Waals surface area contributed by atoms with Gasteiger partial charge in [-0.25, -0.2) is 0 Å². The molecule has 6 heteroatoms. The van der Waals surface area contributed by atoms with Gasteiger partial charge in [0.2, 0.25) is 5.91 Å². The number of hydrogen-bond acceptors (Lipinski definition) is 4. The molecule has 0 aliphatic carbocycles. The van der Waals surface area contributed by atoms with E-state index in [-0.39, 0.29) is 19.1 Å². The molecule has 0 aromatic heterocycles. The van der Waals surface area contributed by atoms with Crippen LogP contribution in [0.3, 0.4) is 0 Å². The number of nitrogens with zero attached hydrogens (tertiary/aromatic N) is 2. The van der Waals surface area contributed by atoms with Gasteiger partial charge in [0.25, 0.3) is 5.91 Å². The molecule has 22 heavy (non-hydrogen) atoms. The van der Waals surface area contributed by atoms with E-state index in [1.165, 1.54) is 11.0 Å². The molecule has 0 unspecified atom stereocenters. The lowest BCUT2D eigenvalue weighted by atomic mass is 10.2. The van der Waals surface area contributed by atoms with Gasteiger partial charge in [-0.3, -0.25) is 9.59 Å². The number of ether oxygens (including phenoxy) is 1. The van der Waals surface area contributed by atoms with Crippen molar-refractivity contribution in [3.8, 4) is 11.8 Å². The van der Waals surface area contributed by atoms with Gasteiger partial charge in [0.15, 0.2) is 6.61 Å². The van der Waals surface area contributed by atoms with Gasteiger partial charge in [0.1, 0.15) is 12.3 Å². The zero-order chi connectivity index (χ0) is 16.4. The zero-order valence-electron chi connectivity index (χ0n) is 12.5. The van der Waals surface area contributed by atoms with Gasteiger partial charge < -0.3 is 15.4 Å². The van der Waals surface area contributed by atoms with Crippen molar-refractivity contribution >= 4 is 17.9 Å². The highest BCUT2D eigenvalue weighted by molar-refractivity contribution is 5.91. The van der Waals surface area contributed by atoms with Crippen LogP contribution in [-0.2, 0) is 9.59 Å². The van der Waals surface area contributed by atoms with Crippen LogP contribution in [0, 0.1) is 11.3 Å². The fourth-order valence-electron chi connectivity index (χ4n) is 1.72. The number of nitriles is 1. The summed E-state index contributed by atoms with van der Waals surface area (Å²) in [7, 11) is 0. The van der Waals surface area contributed by atoms with E-state index in [0.29, 0.717) is 12.3 Å². The molecule has 0 saturated heterocycles. The number of nitrogens with two attached hydrogens (primary N) is 1. The Morgan fingerprint density at radius 2 is 2.05 bits per heavy atom.